The lowest BCUT2D eigenvalue weighted by Gasteiger charge is -2.35. The van der Waals surface area contributed by atoms with Gasteiger partial charge in [0, 0.05) is 48.0 Å². The maximum atomic E-state index is 11.3. The summed E-state index contributed by atoms with van der Waals surface area (Å²) in [4.78, 5) is 43.2. The number of likely N-dealkylation sites (tertiary alicyclic amines) is 1. The largest absolute Gasteiger partial charge is 0.453 e. The van der Waals surface area contributed by atoms with Gasteiger partial charge in [0.25, 0.3) is 0 Å². The number of pyridine rings is 1. The van der Waals surface area contributed by atoms with Crippen LogP contribution in [0.4, 0.5) is 10.5 Å². The summed E-state index contributed by atoms with van der Waals surface area (Å²) in [6.07, 6.45) is 3.88. The van der Waals surface area contributed by atoms with E-state index in [1.807, 2.05) is 42.6 Å². The van der Waals surface area contributed by atoms with Crippen molar-refractivity contribution in [3.63, 3.8) is 0 Å². The molecule has 3 aromatic heterocycles. The average molecular weight is 491 g/mol. The number of imidazole rings is 1. The topological polar surface area (TPSA) is 132 Å². The molecule has 0 atom stereocenters. The van der Waals surface area contributed by atoms with Crippen LogP contribution in [0.25, 0.3) is 17.0 Å². The molecule has 1 fully saturated rings. The molecule has 2 amide bonds. The van der Waals surface area contributed by atoms with Crippen LogP contribution >= 0.6 is 0 Å². The van der Waals surface area contributed by atoms with Crippen LogP contribution in [0, 0.1) is 13.8 Å². The zero-order valence-electron chi connectivity index (χ0n) is 20.4. The number of fused-ring (bicyclic) bond motifs is 1. The van der Waals surface area contributed by atoms with Gasteiger partial charge in [-0.15, -0.1) is 0 Å². The fraction of sp³-hybridized carbons (Fsp3) is 0.280. The first-order valence-corrected chi connectivity index (χ1v) is 11.2. The number of benzene rings is 1. The van der Waals surface area contributed by atoms with E-state index in [4.69, 9.17) is 4.52 Å². The Morgan fingerprint density at radius 3 is 2.67 bits per heavy atom. The lowest BCUT2D eigenvalue weighted by molar-refractivity contribution is -0.105. The minimum atomic E-state index is -0.357. The summed E-state index contributed by atoms with van der Waals surface area (Å²) < 4.78 is 11.8. The molecule has 1 N–H and O–H groups in total. The summed E-state index contributed by atoms with van der Waals surface area (Å²) in [6, 6.07) is 9.18. The van der Waals surface area contributed by atoms with Crippen LogP contribution in [0.5, 0.6) is 0 Å². The van der Waals surface area contributed by atoms with Crippen LogP contribution in [0.15, 0.2) is 47.2 Å². The number of ketones is 1. The van der Waals surface area contributed by atoms with Crippen molar-refractivity contribution in [2.24, 2.45) is 0 Å². The lowest BCUT2D eigenvalue weighted by Crippen LogP contribution is -2.48. The molecule has 1 aliphatic heterocycles. The standard InChI is InChI=1S/C15H16N4O4.C10H10N2O/c1-9-3-4-10(5-12(9)16-8-20)13-17-14(23-18-13)11-6-19(7-11)15(21)22-2;1-7-5-11-10-4-3-9(8(2)13)6-12(7)10/h3-5,8,11H,6-7H2,1-2H3,(H,16,20);3-6H,1-2H3. The number of methoxy groups -OCH3 is 1. The molecule has 0 spiro atoms. The molecule has 0 bridgehead atoms. The molecule has 11 heteroatoms. The van der Waals surface area contributed by atoms with E-state index >= 15 is 0 Å². The Bertz CT molecular complexity index is 1420. The summed E-state index contributed by atoms with van der Waals surface area (Å²) in [7, 11) is 1.35. The monoisotopic (exact) mass is 490 g/mol. The van der Waals surface area contributed by atoms with E-state index in [2.05, 4.69) is 25.2 Å². The lowest BCUT2D eigenvalue weighted by atomic mass is 10.0. The van der Waals surface area contributed by atoms with Gasteiger partial charge < -0.3 is 23.9 Å². The Hall–Kier alpha value is -4.54. The highest BCUT2D eigenvalue weighted by Gasteiger charge is 2.36. The smallest absolute Gasteiger partial charge is 0.409 e. The second-order valence-corrected chi connectivity index (χ2v) is 8.42. The van der Waals surface area contributed by atoms with Crippen LogP contribution in [-0.4, -0.2) is 62.9 Å². The fourth-order valence-corrected chi connectivity index (χ4v) is 3.72. The Kier molecular flexibility index (Phi) is 7.09. The van der Waals surface area contributed by atoms with E-state index in [0.717, 1.165) is 22.5 Å². The van der Waals surface area contributed by atoms with Gasteiger partial charge in [0.15, 0.2) is 5.78 Å². The highest BCUT2D eigenvalue weighted by molar-refractivity contribution is 5.94. The SMILES string of the molecule is CC(=O)c1ccc2ncc(C)n2c1.COC(=O)N1CC(c2nc(-c3ccc(C)c(NC=O)c3)no2)C1. The van der Waals surface area contributed by atoms with E-state index < -0.39 is 0 Å². The number of nitrogens with one attached hydrogen (secondary N) is 1. The van der Waals surface area contributed by atoms with Crippen LogP contribution in [0.1, 0.15) is 40.3 Å². The zero-order chi connectivity index (χ0) is 25.8. The van der Waals surface area contributed by atoms with Crippen molar-refractivity contribution < 1.29 is 23.6 Å². The predicted octanol–water partition coefficient (Wildman–Crippen LogP) is 3.62. The average Bonchev–Trinajstić information content (AvgIpc) is 3.47. The molecule has 36 heavy (non-hydrogen) atoms. The number of anilines is 1. The molecule has 0 saturated carbocycles. The van der Waals surface area contributed by atoms with Gasteiger partial charge in [-0.1, -0.05) is 17.3 Å². The first kappa shape index (κ1) is 24.6. The van der Waals surface area contributed by atoms with Gasteiger partial charge in [-0.25, -0.2) is 9.78 Å². The van der Waals surface area contributed by atoms with E-state index in [1.54, 1.807) is 30.2 Å². The highest BCUT2D eigenvalue weighted by atomic mass is 16.5. The number of hydrogen-bond acceptors (Lipinski definition) is 8. The van der Waals surface area contributed by atoms with Crippen LogP contribution in [0.3, 0.4) is 0 Å². The van der Waals surface area contributed by atoms with Crippen molar-refractivity contribution in [3.05, 3.63) is 65.4 Å². The third-order valence-corrected chi connectivity index (χ3v) is 5.91. The number of aromatic nitrogens is 4. The number of hydrogen-bond donors (Lipinski definition) is 1. The zero-order valence-corrected chi connectivity index (χ0v) is 20.4. The van der Waals surface area contributed by atoms with Crippen molar-refractivity contribution in [2.45, 2.75) is 26.7 Å². The molecule has 4 heterocycles. The summed E-state index contributed by atoms with van der Waals surface area (Å²) in [5.41, 5.74) is 5.02. The Balaban J connectivity index is 0.000000197. The van der Waals surface area contributed by atoms with E-state index in [-0.39, 0.29) is 17.8 Å². The Morgan fingerprint density at radius 2 is 1.97 bits per heavy atom. The Labute approximate surface area is 207 Å². The van der Waals surface area contributed by atoms with Crippen molar-refractivity contribution >= 4 is 29.6 Å². The van der Waals surface area contributed by atoms with Gasteiger partial charge in [0.05, 0.1) is 13.0 Å². The van der Waals surface area contributed by atoms with Crippen molar-refractivity contribution in [2.75, 3.05) is 25.5 Å². The summed E-state index contributed by atoms with van der Waals surface area (Å²) in [6.45, 7) is 6.42. The quantitative estimate of drug-likeness (QED) is 0.331. The molecule has 186 valence electrons. The third kappa shape index (κ3) is 5.09. The van der Waals surface area contributed by atoms with Gasteiger partial charge in [-0.2, -0.15) is 4.98 Å². The van der Waals surface area contributed by atoms with E-state index in [1.165, 1.54) is 7.11 Å². The number of nitrogens with zero attached hydrogens (tertiary/aromatic N) is 5. The molecular formula is C25H26N6O5. The molecule has 5 rings (SSSR count). The minimum absolute atomic E-state index is 0.0216. The molecule has 0 aliphatic carbocycles. The number of carbonyl (C=O) groups is 3. The number of amides is 2. The van der Waals surface area contributed by atoms with Crippen LogP contribution in [0.2, 0.25) is 0 Å². The number of Topliss-reactive ketones (excluding diaryl/α,β-unsaturated/α-hetero) is 1. The third-order valence-electron chi connectivity index (χ3n) is 5.91. The first-order chi connectivity index (χ1) is 17.3. The number of rotatable bonds is 5. The summed E-state index contributed by atoms with van der Waals surface area (Å²) >= 11 is 0. The highest BCUT2D eigenvalue weighted by Crippen LogP contribution is 2.29. The maximum Gasteiger partial charge on any atom is 0.409 e. The molecule has 11 nitrogen and oxygen atoms in total. The molecular weight excluding hydrogens is 464 g/mol. The van der Waals surface area contributed by atoms with Crippen LogP contribution < -0.4 is 5.32 Å². The summed E-state index contributed by atoms with van der Waals surface area (Å²) in [5, 5.41) is 6.61. The first-order valence-electron chi connectivity index (χ1n) is 11.2. The molecule has 1 aliphatic rings. The van der Waals surface area contributed by atoms with Gasteiger partial charge in [0.1, 0.15) is 5.65 Å². The van der Waals surface area contributed by atoms with E-state index in [9.17, 15) is 14.4 Å². The second-order valence-electron chi connectivity index (χ2n) is 8.42. The van der Waals surface area contributed by atoms with Crippen molar-refractivity contribution in [3.8, 4) is 11.4 Å². The van der Waals surface area contributed by atoms with Crippen molar-refractivity contribution in [1.82, 2.24) is 24.4 Å². The molecule has 4 aromatic rings. The Morgan fingerprint density at radius 1 is 1.19 bits per heavy atom. The molecule has 0 radical (unpaired) electrons. The number of aryl methyl sites for hydroxylation is 2. The molecule has 1 aromatic carbocycles. The van der Waals surface area contributed by atoms with Gasteiger partial charge >= 0.3 is 6.09 Å². The normalized spacial score (nSPS) is 12.9. The van der Waals surface area contributed by atoms with Crippen LogP contribution in [-0.2, 0) is 9.53 Å². The predicted molar refractivity (Wildman–Crippen MR) is 131 cm³/mol. The number of ether oxygens (including phenoxy) is 1. The molecule has 0 unspecified atom stereocenters. The van der Waals surface area contributed by atoms with Crippen molar-refractivity contribution in [1.29, 1.82) is 0 Å². The summed E-state index contributed by atoms with van der Waals surface area (Å²) in [5.74, 6) is 1.04. The maximum absolute atomic E-state index is 11.3. The minimum Gasteiger partial charge on any atom is -0.453 e. The van der Waals surface area contributed by atoms with Gasteiger partial charge in [-0.05, 0) is 44.5 Å². The van der Waals surface area contributed by atoms with Gasteiger partial charge in [-0.3, -0.25) is 9.59 Å². The van der Waals surface area contributed by atoms with E-state index in [0.29, 0.717) is 42.5 Å². The van der Waals surface area contributed by atoms with Gasteiger partial charge in [0.2, 0.25) is 18.1 Å². The number of carbonyl (C=O) groups excluding carboxylic acids is 3. The fourth-order valence-electron chi connectivity index (χ4n) is 3.72. The molecule has 1 saturated heterocycles. The second kappa shape index (κ2) is 10.4.